The summed E-state index contributed by atoms with van der Waals surface area (Å²) in [7, 11) is 5.79. The first-order valence-corrected chi connectivity index (χ1v) is 7.22. The van der Waals surface area contributed by atoms with Crippen LogP contribution in [0.1, 0.15) is 19.8 Å². The second kappa shape index (κ2) is 8.21. The molecule has 0 aromatic rings. The number of hydrogen-bond donors (Lipinski definition) is 0. The van der Waals surface area contributed by atoms with Crippen molar-refractivity contribution in [1.29, 1.82) is 0 Å². The zero-order valence-corrected chi connectivity index (χ0v) is 13.1. The Morgan fingerprint density at radius 2 is 2.00 bits per heavy atom. The summed E-state index contributed by atoms with van der Waals surface area (Å²) in [5.41, 5.74) is 0. The van der Waals surface area contributed by atoms with Crippen LogP contribution in [-0.4, -0.2) is 86.5 Å². The lowest BCUT2D eigenvalue weighted by atomic mass is 10.1. The van der Waals surface area contributed by atoms with Crippen LogP contribution < -0.4 is 0 Å². The number of ether oxygens (including phenoxy) is 1. The molecule has 0 bridgehead atoms. The molecule has 0 saturated carbocycles. The SMILES string of the molecule is CCOC(=O)CN(C)C(=O)CN1CCCC(N(C)C)C1. The van der Waals surface area contributed by atoms with Gasteiger partial charge in [0.15, 0.2) is 0 Å². The minimum absolute atomic E-state index is 0.0254. The zero-order chi connectivity index (χ0) is 15.1. The minimum atomic E-state index is -0.354. The third kappa shape index (κ3) is 5.46. The van der Waals surface area contributed by atoms with Gasteiger partial charge >= 0.3 is 5.97 Å². The summed E-state index contributed by atoms with van der Waals surface area (Å²) in [4.78, 5) is 29.3. The molecule has 1 fully saturated rings. The minimum Gasteiger partial charge on any atom is -0.465 e. The molecule has 0 aromatic carbocycles. The van der Waals surface area contributed by atoms with Crippen LogP contribution in [0.2, 0.25) is 0 Å². The van der Waals surface area contributed by atoms with Crippen LogP contribution in [-0.2, 0) is 14.3 Å². The molecule has 6 heteroatoms. The van der Waals surface area contributed by atoms with Crippen LogP contribution in [0.3, 0.4) is 0 Å². The number of esters is 1. The molecule has 20 heavy (non-hydrogen) atoms. The van der Waals surface area contributed by atoms with Gasteiger partial charge in [0.1, 0.15) is 6.54 Å². The third-order valence-corrected chi connectivity index (χ3v) is 3.67. The van der Waals surface area contributed by atoms with Crippen molar-refractivity contribution in [3.05, 3.63) is 0 Å². The fourth-order valence-corrected chi connectivity index (χ4v) is 2.40. The van der Waals surface area contributed by atoms with E-state index in [2.05, 4.69) is 23.9 Å². The second-order valence-electron chi connectivity index (χ2n) is 5.55. The molecule has 0 aromatic heterocycles. The van der Waals surface area contributed by atoms with Crippen molar-refractivity contribution in [2.45, 2.75) is 25.8 Å². The van der Waals surface area contributed by atoms with Crippen molar-refractivity contribution in [2.75, 3.05) is 53.9 Å². The largest absolute Gasteiger partial charge is 0.465 e. The van der Waals surface area contributed by atoms with E-state index in [9.17, 15) is 9.59 Å². The van der Waals surface area contributed by atoms with Crippen molar-refractivity contribution in [3.8, 4) is 0 Å². The number of rotatable bonds is 6. The number of carbonyl (C=O) groups is 2. The maximum absolute atomic E-state index is 12.1. The Morgan fingerprint density at radius 1 is 1.30 bits per heavy atom. The standard InChI is InChI=1S/C14H27N3O3/c1-5-20-14(19)11-16(4)13(18)10-17-8-6-7-12(9-17)15(2)3/h12H,5-11H2,1-4H3. The van der Waals surface area contributed by atoms with Crippen molar-refractivity contribution >= 4 is 11.9 Å². The average Bonchev–Trinajstić information content (AvgIpc) is 2.39. The Hall–Kier alpha value is -1.14. The fraction of sp³-hybridized carbons (Fsp3) is 0.857. The van der Waals surface area contributed by atoms with Gasteiger partial charge in [0, 0.05) is 19.6 Å². The van der Waals surface area contributed by atoms with Crippen LogP contribution >= 0.6 is 0 Å². The van der Waals surface area contributed by atoms with Gasteiger partial charge in [-0.25, -0.2) is 0 Å². The Kier molecular flexibility index (Phi) is 6.95. The molecule has 0 aliphatic carbocycles. The van der Waals surface area contributed by atoms with Crippen LogP contribution in [0.25, 0.3) is 0 Å². The average molecular weight is 285 g/mol. The Bertz CT molecular complexity index is 334. The number of carbonyl (C=O) groups excluding carboxylic acids is 2. The van der Waals surface area contributed by atoms with E-state index < -0.39 is 0 Å². The van der Waals surface area contributed by atoms with E-state index in [1.54, 1.807) is 14.0 Å². The van der Waals surface area contributed by atoms with Gasteiger partial charge in [-0.3, -0.25) is 14.5 Å². The molecule has 116 valence electrons. The number of piperidine rings is 1. The quantitative estimate of drug-likeness (QED) is 0.645. The molecule has 1 unspecified atom stereocenters. The van der Waals surface area contributed by atoms with Gasteiger partial charge in [-0.05, 0) is 40.4 Å². The molecule has 1 rings (SSSR count). The summed E-state index contributed by atoms with van der Waals surface area (Å²) in [6, 6.07) is 0.506. The van der Waals surface area contributed by atoms with E-state index in [1.165, 1.54) is 11.3 Å². The molecular formula is C14H27N3O3. The van der Waals surface area contributed by atoms with Gasteiger partial charge in [-0.15, -0.1) is 0 Å². The number of nitrogens with zero attached hydrogens (tertiary/aromatic N) is 3. The van der Waals surface area contributed by atoms with E-state index in [4.69, 9.17) is 4.74 Å². The highest BCUT2D eigenvalue weighted by atomic mass is 16.5. The molecular weight excluding hydrogens is 258 g/mol. The van der Waals surface area contributed by atoms with E-state index in [0.29, 0.717) is 19.2 Å². The lowest BCUT2D eigenvalue weighted by molar-refractivity contribution is -0.148. The molecule has 0 radical (unpaired) electrons. The fourth-order valence-electron chi connectivity index (χ4n) is 2.40. The number of hydrogen-bond acceptors (Lipinski definition) is 5. The Labute approximate surface area is 121 Å². The van der Waals surface area contributed by atoms with E-state index in [0.717, 1.165) is 19.5 Å². The maximum atomic E-state index is 12.1. The topological polar surface area (TPSA) is 53.1 Å². The zero-order valence-electron chi connectivity index (χ0n) is 13.1. The maximum Gasteiger partial charge on any atom is 0.325 e. The Morgan fingerprint density at radius 3 is 2.60 bits per heavy atom. The normalized spacial score (nSPS) is 19.9. The van der Waals surface area contributed by atoms with Crippen molar-refractivity contribution in [2.24, 2.45) is 0 Å². The third-order valence-electron chi connectivity index (χ3n) is 3.67. The second-order valence-corrected chi connectivity index (χ2v) is 5.55. The molecule has 1 aliphatic heterocycles. The predicted molar refractivity (Wildman–Crippen MR) is 77.4 cm³/mol. The lowest BCUT2D eigenvalue weighted by Gasteiger charge is -2.36. The van der Waals surface area contributed by atoms with E-state index >= 15 is 0 Å². The van der Waals surface area contributed by atoms with Crippen LogP contribution in [0, 0.1) is 0 Å². The van der Waals surface area contributed by atoms with Crippen molar-refractivity contribution in [3.63, 3.8) is 0 Å². The summed E-state index contributed by atoms with van der Waals surface area (Å²) in [5, 5.41) is 0. The summed E-state index contributed by atoms with van der Waals surface area (Å²) < 4.78 is 4.85. The summed E-state index contributed by atoms with van der Waals surface area (Å²) in [6.07, 6.45) is 2.29. The Balaban J connectivity index is 2.39. The monoisotopic (exact) mass is 285 g/mol. The first-order valence-electron chi connectivity index (χ1n) is 7.22. The molecule has 1 saturated heterocycles. The number of likely N-dealkylation sites (tertiary alicyclic amines) is 1. The van der Waals surface area contributed by atoms with E-state index in [-0.39, 0.29) is 18.4 Å². The summed E-state index contributed by atoms with van der Waals surface area (Å²) in [6.45, 7) is 4.36. The summed E-state index contributed by atoms with van der Waals surface area (Å²) in [5.74, 6) is -0.384. The van der Waals surface area contributed by atoms with E-state index in [1.807, 2.05) is 0 Å². The molecule has 1 amide bonds. The molecule has 0 spiro atoms. The van der Waals surface area contributed by atoms with Crippen LogP contribution in [0.5, 0.6) is 0 Å². The van der Waals surface area contributed by atoms with Crippen LogP contribution in [0.15, 0.2) is 0 Å². The van der Waals surface area contributed by atoms with Gasteiger partial charge in [-0.1, -0.05) is 0 Å². The number of likely N-dealkylation sites (N-methyl/N-ethyl adjacent to an activating group) is 2. The molecule has 0 N–H and O–H groups in total. The van der Waals surface area contributed by atoms with Gasteiger partial charge in [-0.2, -0.15) is 0 Å². The van der Waals surface area contributed by atoms with Gasteiger partial charge in [0.25, 0.3) is 0 Å². The van der Waals surface area contributed by atoms with Gasteiger partial charge in [0.05, 0.1) is 13.2 Å². The van der Waals surface area contributed by atoms with Crippen molar-refractivity contribution in [1.82, 2.24) is 14.7 Å². The number of amides is 1. The summed E-state index contributed by atoms with van der Waals surface area (Å²) >= 11 is 0. The van der Waals surface area contributed by atoms with Crippen LogP contribution in [0.4, 0.5) is 0 Å². The molecule has 6 nitrogen and oxygen atoms in total. The highest BCUT2D eigenvalue weighted by Crippen LogP contribution is 2.13. The molecule has 1 aliphatic rings. The highest BCUT2D eigenvalue weighted by Gasteiger charge is 2.24. The predicted octanol–water partition coefficient (Wildman–Crippen LogP) is 0.0339. The highest BCUT2D eigenvalue weighted by molar-refractivity contribution is 5.83. The van der Waals surface area contributed by atoms with Crippen molar-refractivity contribution < 1.29 is 14.3 Å². The smallest absolute Gasteiger partial charge is 0.325 e. The molecule has 1 heterocycles. The first-order chi connectivity index (χ1) is 9.43. The first kappa shape index (κ1) is 16.9. The lowest BCUT2D eigenvalue weighted by Crippen LogP contribution is -2.49. The van der Waals surface area contributed by atoms with Gasteiger partial charge in [0.2, 0.25) is 5.91 Å². The van der Waals surface area contributed by atoms with Gasteiger partial charge < -0.3 is 14.5 Å². The molecule has 1 atom stereocenters.